The predicted octanol–water partition coefficient (Wildman–Crippen LogP) is -1.07. The Morgan fingerprint density at radius 2 is 1.60 bits per heavy atom. The summed E-state index contributed by atoms with van der Waals surface area (Å²) in [7, 11) is 0. The molecule has 0 aromatic carbocycles. The van der Waals surface area contributed by atoms with Crippen molar-refractivity contribution in [3.05, 3.63) is 25.6 Å². The van der Waals surface area contributed by atoms with Crippen LogP contribution < -0.4 is 22.6 Å². The van der Waals surface area contributed by atoms with Crippen LogP contribution in [0.1, 0.15) is 0 Å². The van der Waals surface area contributed by atoms with Crippen molar-refractivity contribution in [1.29, 1.82) is 0 Å². The average Bonchev–Trinajstić information content (AvgIpc) is 2.42. The second-order valence-corrected chi connectivity index (χ2v) is 3.17. The van der Waals surface area contributed by atoms with E-state index in [2.05, 4.69) is 18.6 Å². The molecule has 20 heavy (non-hydrogen) atoms. The molecule has 0 heterocycles. The monoisotopic (exact) mass is 290 g/mol. The highest BCUT2D eigenvalue weighted by atomic mass is 16.4. The van der Waals surface area contributed by atoms with Gasteiger partial charge in [-0.25, -0.2) is 20.0 Å². The minimum atomic E-state index is -1.33. The van der Waals surface area contributed by atoms with Crippen LogP contribution in [0.5, 0.6) is 0 Å². The van der Waals surface area contributed by atoms with Gasteiger partial charge in [0.15, 0.2) is 0 Å². The molecule has 9 N–H and O–H groups in total. The Bertz CT molecular complexity index is 323. The molecule has 10 heteroatoms. The van der Waals surface area contributed by atoms with E-state index in [1.807, 2.05) is 0 Å². The number of carbonyl (C=O) groups is 2. The van der Waals surface area contributed by atoms with Crippen LogP contribution in [-0.4, -0.2) is 58.1 Å². The number of hydrogen-bond donors (Lipinski definition) is 6. The van der Waals surface area contributed by atoms with E-state index < -0.39 is 18.4 Å². The van der Waals surface area contributed by atoms with Crippen molar-refractivity contribution in [3.8, 4) is 0 Å². The number of nitrogens with zero attached hydrogens (tertiary/aromatic N) is 2. The highest BCUT2D eigenvalue weighted by Gasteiger charge is 2.22. The van der Waals surface area contributed by atoms with Gasteiger partial charge in [-0.3, -0.25) is 4.90 Å². The number of amides is 2. The van der Waals surface area contributed by atoms with Crippen LogP contribution in [0.3, 0.4) is 0 Å². The van der Waals surface area contributed by atoms with Gasteiger partial charge in [0.2, 0.25) is 0 Å². The van der Waals surface area contributed by atoms with Crippen LogP contribution in [0, 0.1) is 0 Å². The van der Waals surface area contributed by atoms with Crippen molar-refractivity contribution in [2.45, 2.75) is 6.17 Å². The molecule has 0 aliphatic carbocycles. The van der Waals surface area contributed by atoms with Crippen molar-refractivity contribution in [2.75, 3.05) is 19.6 Å². The van der Waals surface area contributed by atoms with E-state index in [4.69, 9.17) is 27.4 Å². The van der Waals surface area contributed by atoms with Crippen LogP contribution in [-0.2, 0) is 0 Å². The minimum absolute atomic E-state index is 0.129. The lowest BCUT2D eigenvalue weighted by atomic mass is 10.4. The van der Waals surface area contributed by atoms with Gasteiger partial charge in [0.05, 0.1) is 0 Å². The van der Waals surface area contributed by atoms with Crippen molar-refractivity contribution in [1.82, 2.24) is 15.3 Å². The van der Waals surface area contributed by atoms with Crippen molar-refractivity contribution >= 4 is 12.2 Å². The van der Waals surface area contributed by atoms with E-state index in [1.165, 1.54) is 0 Å². The second-order valence-electron chi connectivity index (χ2n) is 3.17. The Balaban J connectivity index is 0. The van der Waals surface area contributed by atoms with Gasteiger partial charge in [-0.1, -0.05) is 13.2 Å². The maximum Gasteiger partial charge on any atom is 0.426 e. The van der Waals surface area contributed by atoms with Gasteiger partial charge in [-0.05, 0) is 0 Å². The van der Waals surface area contributed by atoms with Crippen LogP contribution in [0.2, 0.25) is 0 Å². The first-order chi connectivity index (χ1) is 9.39. The molecule has 1 atom stereocenters. The first-order valence-electron chi connectivity index (χ1n) is 5.54. The molecule has 0 aromatic rings. The van der Waals surface area contributed by atoms with Crippen molar-refractivity contribution in [2.24, 2.45) is 17.2 Å². The standard InChI is InChI=1S/C8H14N4O4.C2H8N2/c1-3-11(7(13)14)6(5-9)10-12(4-2)8(15)16;3-1-2-4/h3-4,6,10H,1-2,5,9H2,(H,13,14)(H,15,16);1-4H2. The molecule has 0 aliphatic rings. The third kappa shape index (κ3) is 8.05. The molecule has 0 aromatic heterocycles. The van der Waals surface area contributed by atoms with Gasteiger partial charge in [-0.15, -0.1) is 0 Å². The van der Waals surface area contributed by atoms with Gasteiger partial charge in [0.25, 0.3) is 0 Å². The van der Waals surface area contributed by atoms with Crippen LogP contribution in [0.4, 0.5) is 9.59 Å². The van der Waals surface area contributed by atoms with Gasteiger partial charge in [0.1, 0.15) is 6.17 Å². The smallest absolute Gasteiger partial charge is 0.426 e. The topological polar surface area (TPSA) is 171 Å². The molecule has 2 amide bonds. The summed E-state index contributed by atoms with van der Waals surface area (Å²) in [5.74, 6) is 0. The Labute approximate surface area is 117 Å². The van der Waals surface area contributed by atoms with E-state index in [-0.39, 0.29) is 6.54 Å². The van der Waals surface area contributed by atoms with Gasteiger partial charge >= 0.3 is 12.2 Å². The largest absolute Gasteiger partial charge is 0.465 e. The molecule has 0 aliphatic heterocycles. The van der Waals surface area contributed by atoms with Gasteiger partial charge in [0, 0.05) is 32.0 Å². The predicted molar refractivity (Wildman–Crippen MR) is 74.2 cm³/mol. The Kier molecular flexibility index (Phi) is 12.0. The first kappa shape index (κ1) is 20.2. The normalized spacial score (nSPS) is 10.6. The van der Waals surface area contributed by atoms with Crippen LogP contribution in [0.15, 0.2) is 25.6 Å². The molecule has 0 radical (unpaired) electrons. The summed E-state index contributed by atoms with van der Waals surface area (Å²) >= 11 is 0. The summed E-state index contributed by atoms with van der Waals surface area (Å²) in [6.07, 6.45) is -1.57. The lowest BCUT2D eigenvalue weighted by Gasteiger charge is -2.29. The van der Waals surface area contributed by atoms with Crippen LogP contribution >= 0.6 is 0 Å². The van der Waals surface area contributed by atoms with Gasteiger partial charge < -0.3 is 27.4 Å². The number of rotatable bonds is 7. The maximum absolute atomic E-state index is 10.7. The molecule has 1 unspecified atom stereocenters. The Morgan fingerprint density at radius 1 is 1.10 bits per heavy atom. The molecular formula is C10H22N6O4. The quantitative estimate of drug-likeness (QED) is 0.254. The van der Waals surface area contributed by atoms with E-state index in [1.54, 1.807) is 0 Å². The zero-order chi connectivity index (χ0) is 16.1. The fourth-order valence-electron chi connectivity index (χ4n) is 0.914. The number of nitrogens with one attached hydrogen (secondary N) is 1. The lowest BCUT2D eigenvalue weighted by molar-refractivity contribution is 0.0973. The molecule has 0 bridgehead atoms. The first-order valence-corrected chi connectivity index (χ1v) is 5.54. The SMILES string of the molecule is C=CN(NC(CN)N(C=C)C(=O)O)C(=O)O.NCCN. The zero-order valence-electron chi connectivity index (χ0n) is 11.1. The Hall–Kier alpha value is -2.14. The molecule has 10 nitrogen and oxygen atoms in total. The summed E-state index contributed by atoms with van der Waals surface area (Å²) in [6, 6.07) is 0. The number of hydrazine groups is 1. The van der Waals surface area contributed by atoms with Crippen LogP contribution in [0.25, 0.3) is 0 Å². The summed E-state index contributed by atoms with van der Waals surface area (Å²) in [5.41, 5.74) is 17.5. The van der Waals surface area contributed by atoms with Gasteiger partial charge in [-0.2, -0.15) is 0 Å². The highest BCUT2D eigenvalue weighted by Crippen LogP contribution is 1.98. The Morgan fingerprint density at radius 3 is 1.80 bits per heavy atom. The van der Waals surface area contributed by atoms with E-state index in [9.17, 15) is 9.59 Å². The number of hydrogen-bond acceptors (Lipinski definition) is 6. The second kappa shape index (κ2) is 11.9. The zero-order valence-corrected chi connectivity index (χ0v) is 11.1. The molecule has 0 fully saturated rings. The third-order valence-electron chi connectivity index (χ3n) is 1.82. The molecule has 0 saturated heterocycles. The minimum Gasteiger partial charge on any atom is -0.465 e. The summed E-state index contributed by atoms with van der Waals surface area (Å²) in [5, 5.41) is 18.0. The summed E-state index contributed by atoms with van der Waals surface area (Å²) in [4.78, 5) is 22.1. The fraction of sp³-hybridized carbons (Fsp3) is 0.400. The van der Waals surface area contributed by atoms with E-state index in [0.717, 1.165) is 17.3 Å². The summed E-state index contributed by atoms with van der Waals surface area (Å²) < 4.78 is 0. The fourth-order valence-corrected chi connectivity index (χ4v) is 0.914. The van der Waals surface area contributed by atoms with E-state index in [0.29, 0.717) is 18.1 Å². The van der Waals surface area contributed by atoms with Crippen molar-refractivity contribution in [3.63, 3.8) is 0 Å². The third-order valence-corrected chi connectivity index (χ3v) is 1.82. The number of carboxylic acid groups (broad SMARTS) is 2. The molecule has 0 spiro atoms. The number of nitrogens with two attached hydrogens (primary N) is 3. The molecule has 0 saturated carbocycles. The summed E-state index contributed by atoms with van der Waals surface area (Å²) in [6.45, 7) is 7.60. The maximum atomic E-state index is 10.7. The molecule has 116 valence electrons. The lowest BCUT2D eigenvalue weighted by Crippen LogP contribution is -2.55. The molecule has 0 rings (SSSR count). The van der Waals surface area contributed by atoms with E-state index >= 15 is 0 Å². The highest BCUT2D eigenvalue weighted by molar-refractivity contribution is 5.67. The average molecular weight is 290 g/mol. The van der Waals surface area contributed by atoms with Crippen molar-refractivity contribution < 1.29 is 19.8 Å². The molecular weight excluding hydrogens is 268 g/mol.